The van der Waals surface area contributed by atoms with Gasteiger partial charge in [0.2, 0.25) is 0 Å². The summed E-state index contributed by atoms with van der Waals surface area (Å²) in [6.07, 6.45) is 0. The van der Waals surface area contributed by atoms with E-state index in [0.717, 1.165) is 5.52 Å². The Morgan fingerprint density at radius 3 is 2.63 bits per heavy atom. The van der Waals surface area contributed by atoms with Gasteiger partial charge in [-0.25, -0.2) is 9.55 Å². The fraction of sp³-hybridized carbons (Fsp3) is 0.0769. The van der Waals surface area contributed by atoms with Gasteiger partial charge in [0.25, 0.3) is 5.82 Å². The molecule has 6 rings (SSSR count). The minimum atomic E-state index is 1.07. The molecule has 0 amide bonds. The van der Waals surface area contributed by atoms with E-state index in [1.165, 1.54) is 49.1 Å². The zero-order chi connectivity index (χ0) is 20.2. The van der Waals surface area contributed by atoms with Crippen LogP contribution in [0.15, 0.2) is 84.4 Å². The Bertz CT molecular complexity index is 1570. The third-order valence-corrected chi connectivity index (χ3v) is 6.73. The van der Waals surface area contributed by atoms with Crippen molar-refractivity contribution in [3.8, 4) is 17.1 Å². The number of para-hydroxylation sites is 2. The highest BCUT2D eigenvalue weighted by Gasteiger charge is 2.28. The number of nitrogens with zero attached hydrogens (tertiary/aromatic N) is 3. The van der Waals surface area contributed by atoms with Crippen LogP contribution >= 0.6 is 11.3 Å². The van der Waals surface area contributed by atoms with Crippen molar-refractivity contribution >= 4 is 43.4 Å². The number of benzene rings is 4. The number of hydrogen-bond donors (Lipinski definition) is 0. The lowest BCUT2D eigenvalue weighted by Gasteiger charge is -2.09. The number of aryl methyl sites for hydroxylation is 2. The van der Waals surface area contributed by atoms with E-state index in [1.807, 2.05) is 5.51 Å². The van der Waals surface area contributed by atoms with Crippen molar-refractivity contribution in [2.75, 3.05) is 0 Å². The Balaban J connectivity index is 1.79. The first-order valence-corrected chi connectivity index (χ1v) is 10.9. The van der Waals surface area contributed by atoms with Gasteiger partial charge in [0, 0.05) is 5.39 Å². The average Bonchev–Trinajstić information content (AvgIpc) is 3.34. The van der Waals surface area contributed by atoms with E-state index in [0.29, 0.717) is 0 Å². The van der Waals surface area contributed by atoms with Crippen molar-refractivity contribution in [2.45, 2.75) is 6.92 Å². The Kier molecular flexibility index (Phi) is 3.77. The number of thiazole rings is 1. The maximum Gasteiger partial charge on any atom is 0.295 e. The Labute approximate surface area is 178 Å². The lowest BCUT2D eigenvalue weighted by molar-refractivity contribution is -0.633. The Hall–Kier alpha value is -3.50. The normalized spacial score (nSPS) is 11.7. The molecule has 0 spiro atoms. The van der Waals surface area contributed by atoms with E-state index in [1.54, 1.807) is 11.3 Å². The van der Waals surface area contributed by atoms with Gasteiger partial charge < -0.3 is 0 Å². The molecule has 0 N–H and O–H groups in total. The molecule has 0 aliphatic carbocycles. The highest BCUT2D eigenvalue weighted by molar-refractivity contribution is 7.16. The summed E-state index contributed by atoms with van der Waals surface area (Å²) in [5.74, 6) is 1.18. The number of imidazole rings is 1. The van der Waals surface area contributed by atoms with Crippen molar-refractivity contribution in [3.63, 3.8) is 0 Å². The third-order valence-electron chi connectivity index (χ3n) is 5.94. The topological polar surface area (TPSA) is 21.7 Å². The van der Waals surface area contributed by atoms with E-state index in [4.69, 9.17) is 0 Å². The number of rotatable bonds is 2. The van der Waals surface area contributed by atoms with E-state index in [9.17, 15) is 0 Å². The van der Waals surface area contributed by atoms with Gasteiger partial charge in [-0.3, -0.25) is 0 Å². The molecular weight excluding hydrogens is 386 g/mol. The second-order valence-electron chi connectivity index (χ2n) is 7.69. The van der Waals surface area contributed by atoms with Crippen molar-refractivity contribution in [2.24, 2.45) is 7.05 Å². The number of fused-ring (bicyclic) bond motifs is 3. The van der Waals surface area contributed by atoms with Crippen LogP contribution in [0.3, 0.4) is 0 Å². The first-order valence-electron chi connectivity index (χ1n) is 10.0. The molecule has 0 bridgehead atoms. The Morgan fingerprint density at radius 1 is 0.900 bits per heavy atom. The molecule has 0 aliphatic rings. The van der Waals surface area contributed by atoms with Gasteiger partial charge in [0.15, 0.2) is 11.0 Å². The minimum Gasteiger partial charge on any atom is -0.245 e. The molecule has 2 aromatic heterocycles. The van der Waals surface area contributed by atoms with Crippen LogP contribution in [-0.2, 0) is 7.05 Å². The second kappa shape index (κ2) is 6.51. The van der Waals surface area contributed by atoms with Gasteiger partial charge in [-0.1, -0.05) is 48.5 Å². The van der Waals surface area contributed by atoms with Gasteiger partial charge in [-0.05, 0) is 48.2 Å². The van der Waals surface area contributed by atoms with Crippen LogP contribution in [0, 0.1) is 6.92 Å². The van der Waals surface area contributed by atoms with Crippen LogP contribution in [0.2, 0.25) is 0 Å². The molecule has 0 radical (unpaired) electrons. The standard InChI is InChI=1S/C26H20N3S/c1-17-14-21-25(30-16-27-21)15-20(17)26-28(2)23-11-5-6-12-24(23)29(26)22-13-7-9-18-8-3-4-10-19(18)22/h3-16H,1-2H3/q+1. The molecule has 2 heterocycles. The molecule has 6 aromatic rings. The third kappa shape index (κ3) is 2.44. The van der Waals surface area contributed by atoms with Crippen molar-refractivity contribution in [1.29, 1.82) is 0 Å². The molecule has 4 aromatic carbocycles. The van der Waals surface area contributed by atoms with Gasteiger partial charge in [-0.15, -0.1) is 11.3 Å². The monoisotopic (exact) mass is 406 g/mol. The van der Waals surface area contributed by atoms with Gasteiger partial charge in [0.05, 0.1) is 28.3 Å². The summed E-state index contributed by atoms with van der Waals surface area (Å²) < 4.78 is 5.93. The van der Waals surface area contributed by atoms with Gasteiger partial charge in [-0.2, -0.15) is 4.57 Å². The largest absolute Gasteiger partial charge is 0.295 e. The number of hydrogen-bond acceptors (Lipinski definition) is 2. The van der Waals surface area contributed by atoms with Gasteiger partial charge in [0.1, 0.15) is 5.69 Å². The lowest BCUT2D eigenvalue weighted by Crippen LogP contribution is -2.30. The smallest absolute Gasteiger partial charge is 0.245 e. The summed E-state index contributed by atoms with van der Waals surface area (Å²) in [5, 5.41) is 2.50. The fourth-order valence-corrected chi connectivity index (χ4v) is 5.21. The quantitative estimate of drug-likeness (QED) is 0.314. The molecule has 0 fully saturated rings. The van der Waals surface area contributed by atoms with Crippen molar-refractivity contribution < 1.29 is 4.57 Å². The van der Waals surface area contributed by atoms with Crippen LogP contribution in [0.1, 0.15) is 5.56 Å². The van der Waals surface area contributed by atoms with E-state index >= 15 is 0 Å². The van der Waals surface area contributed by atoms with E-state index in [-0.39, 0.29) is 0 Å². The summed E-state index contributed by atoms with van der Waals surface area (Å²) in [7, 11) is 2.16. The highest BCUT2D eigenvalue weighted by atomic mass is 32.1. The summed E-state index contributed by atoms with van der Waals surface area (Å²) in [6.45, 7) is 2.18. The zero-order valence-corrected chi connectivity index (χ0v) is 17.6. The number of aromatic nitrogens is 3. The summed E-state index contributed by atoms with van der Waals surface area (Å²) >= 11 is 1.69. The summed E-state index contributed by atoms with van der Waals surface area (Å²) in [4.78, 5) is 4.51. The van der Waals surface area contributed by atoms with Crippen molar-refractivity contribution in [3.05, 3.63) is 89.9 Å². The maximum atomic E-state index is 4.51. The molecule has 0 saturated carbocycles. The molecule has 0 aliphatic heterocycles. The minimum absolute atomic E-state index is 1.07. The second-order valence-corrected chi connectivity index (χ2v) is 8.58. The van der Waals surface area contributed by atoms with Crippen LogP contribution in [-0.4, -0.2) is 9.55 Å². The maximum absolute atomic E-state index is 4.51. The lowest BCUT2D eigenvalue weighted by atomic mass is 10.1. The zero-order valence-electron chi connectivity index (χ0n) is 16.8. The SMILES string of the molecule is Cc1cc2ncsc2cc1-c1n(-c2cccc3ccccc23)c2ccccc2[n+]1C. The first kappa shape index (κ1) is 17.4. The van der Waals surface area contributed by atoms with E-state index < -0.39 is 0 Å². The molecule has 4 heteroatoms. The highest BCUT2D eigenvalue weighted by Crippen LogP contribution is 2.34. The van der Waals surface area contributed by atoms with Crippen LogP contribution in [0.25, 0.3) is 49.1 Å². The molecule has 0 atom stereocenters. The van der Waals surface area contributed by atoms with E-state index in [2.05, 4.69) is 107 Å². The molecule has 3 nitrogen and oxygen atoms in total. The van der Waals surface area contributed by atoms with Crippen LogP contribution in [0.4, 0.5) is 0 Å². The van der Waals surface area contributed by atoms with Gasteiger partial charge >= 0.3 is 0 Å². The molecule has 30 heavy (non-hydrogen) atoms. The summed E-state index contributed by atoms with van der Waals surface area (Å²) in [5.41, 5.74) is 9.07. The Morgan fingerprint density at radius 2 is 1.70 bits per heavy atom. The molecule has 144 valence electrons. The van der Waals surface area contributed by atoms with Crippen molar-refractivity contribution in [1.82, 2.24) is 9.55 Å². The summed E-state index contributed by atoms with van der Waals surface area (Å²) in [6, 6.07) is 28.3. The first-order chi connectivity index (χ1) is 14.7. The van der Waals surface area contributed by atoms with Crippen LogP contribution < -0.4 is 4.57 Å². The molecule has 0 saturated heterocycles. The predicted octanol–water partition coefficient (Wildman–Crippen LogP) is 6.19. The predicted molar refractivity (Wildman–Crippen MR) is 125 cm³/mol. The van der Waals surface area contributed by atoms with Crippen LogP contribution in [0.5, 0.6) is 0 Å². The molecule has 0 unspecified atom stereocenters. The average molecular weight is 407 g/mol. The molecular formula is C26H20N3S+. The fourth-order valence-electron chi connectivity index (χ4n) is 4.51.